The number of alkyl halides is 1. The van der Waals surface area contributed by atoms with Crippen molar-refractivity contribution in [2.24, 2.45) is 5.92 Å². The number of rotatable bonds is 0. The molecule has 0 amide bonds. The Morgan fingerprint density at radius 3 is 3.00 bits per heavy atom. The first-order valence-electron chi connectivity index (χ1n) is 3.83. The number of nitrogens with one attached hydrogen (secondary N) is 1. The van der Waals surface area contributed by atoms with Crippen molar-refractivity contribution in [2.75, 3.05) is 26.7 Å². The molecule has 0 saturated carbocycles. The lowest BCUT2D eigenvalue weighted by molar-refractivity contribution is 0.262. The quantitative estimate of drug-likeness (QED) is 0.509. The maximum atomic E-state index is 13.0. The minimum Gasteiger partial charge on any atom is -0.309 e. The monoisotopic (exact) mass is 144 g/mol. The van der Waals surface area contributed by atoms with Gasteiger partial charge in [-0.1, -0.05) is 0 Å². The van der Waals surface area contributed by atoms with Gasteiger partial charge in [-0.05, 0) is 7.05 Å². The number of halogens is 1. The molecule has 2 fully saturated rings. The normalized spacial score (nSPS) is 48.0. The largest absolute Gasteiger partial charge is 0.309 e. The molecule has 58 valence electrons. The van der Waals surface area contributed by atoms with Gasteiger partial charge in [-0.25, -0.2) is 4.39 Å². The van der Waals surface area contributed by atoms with Crippen LogP contribution in [0.5, 0.6) is 0 Å². The van der Waals surface area contributed by atoms with Crippen molar-refractivity contribution in [1.29, 1.82) is 0 Å². The molecule has 2 aliphatic heterocycles. The van der Waals surface area contributed by atoms with Crippen LogP contribution in [0.3, 0.4) is 0 Å². The molecular formula is C7H13FN2. The van der Waals surface area contributed by atoms with Gasteiger partial charge < -0.3 is 10.2 Å². The average molecular weight is 144 g/mol. The van der Waals surface area contributed by atoms with Crippen molar-refractivity contribution in [2.45, 2.75) is 12.2 Å². The Bertz CT molecular complexity index is 140. The van der Waals surface area contributed by atoms with E-state index >= 15 is 0 Å². The van der Waals surface area contributed by atoms with Crippen LogP contribution < -0.4 is 5.32 Å². The Morgan fingerprint density at radius 2 is 2.30 bits per heavy atom. The lowest BCUT2D eigenvalue weighted by Gasteiger charge is -2.09. The molecular weight excluding hydrogens is 131 g/mol. The van der Waals surface area contributed by atoms with E-state index in [-0.39, 0.29) is 5.92 Å². The lowest BCUT2D eigenvalue weighted by atomic mass is 10.0. The molecule has 3 heteroatoms. The fraction of sp³-hybridized carbons (Fsp3) is 1.00. The van der Waals surface area contributed by atoms with Gasteiger partial charge in [-0.2, -0.15) is 0 Å². The van der Waals surface area contributed by atoms with Gasteiger partial charge in [0.1, 0.15) is 6.17 Å². The van der Waals surface area contributed by atoms with Gasteiger partial charge >= 0.3 is 0 Å². The molecule has 2 nitrogen and oxygen atoms in total. The first kappa shape index (κ1) is 6.55. The number of hydrogen-bond acceptors (Lipinski definition) is 2. The van der Waals surface area contributed by atoms with Crippen LogP contribution in [0.2, 0.25) is 0 Å². The molecule has 0 spiro atoms. The highest BCUT2D eigenvalue weighted by atomic mass is 19.1. The maximum Gasteiger partial charge on any atom is 0.118 e. The highest BCUT2D eigenvalue weighted by Crippen LogP contribution is 2.25. The zero-order chi connectivity index (χ0) is 7.14. The van der Waals surface area contributed by atoms with E-state index in [1.807, 2.05) is 7.05 Å². The van der Waals surface area contributed by atoms with E-state index in [1.165, 1.54) is 0 Å². The van der Waals surface area contributed by atoms with Crippen LogP contribution >= 0.6 is 0 Å². The second kappa shape index (κ2) is 2.17. The van der Waals surface area contributed by atoms with Crippen molar-refractivity contribution in [3.63, 3.8) is 0 Å². The van der Waals surface area contributed by atoms with E-state index in [1.54, 1.807) is 0 Å². The van der Waals surface area contributed by atoms with E-state index in [4.69, 9.17) is 0 Å². The van der Waals surface area contributed by atoms with Crippen molar-refractivity contribution in [3.05, 3.63) is 0 Å². The molecule has 3 atom stereocenters. The van der Waals surface area contributed by atoms with Crippen molar-refractivity contribution in [3.8, 4) is 0 Å². The lowest BCUT2D eigenvalue weighted by Crippen LogP contribution is -2.28. The number of nitrogens with zero attached hydrogens (tertiary/aromatic N) is 1. The summed E-state index contributed by atoms with van der Waals surface area (Å²) in [5.74, 6) is 0.269. The van der Waals surface area contributed by atoms with E-state index in [0.29, 0.717) is 12.6 Å². The van der Waals surface area contributed by atoms with Crippen molar-refractivity contribution >= 4 is 0 Å². The molecule has 1 N–H and O–H groups in total. The second-order valence-corrected chi connectivity index (χ2v) is 3.42. The van der Waals surface area contributed by atoms with E-state index < -0.39 is 6.17 Å². The minimum absolute atomic E-state index is 0.269. The van der Waals surface area contributed by atoms with Crippen LogP contribution in [0.15, 0.2) is 0 Å². The van der Waals surface area contributed by atoms with Crippen LogP contribution in [-0.2, 0) is 0 Å². The summed E-state index contributed by atoms with van der Waals surface area (Å²) < 4.78 is 13.0. The molecule has 0 aliphatic carbocycles. The fourth-order valence-electron chi connectivity index (χ4n) is 2.03. The van der Waals surface area contributed by atoms with Gasteiger partial charge in [0.05, 0.1) is 0 Å². The molecule has 0 bridgehead atoms. The Labute approximate surface area is 60.4 Å². The number of hydrogen-bond donors (Lipinski definition) is 1. The topological polar surface area (TPSA) is 15.3 Å². The first-order chi connectivity index (χ1) is 4.77. The Kier molecular flexibility index (Phi) is 1.42. The smallest absolute Gasteiger partial charge is 0.118 e. The van der Waals surface area contributed by atoms with Gasteiger partial charge in [0.25, 0.3) is 0 Å². The van der Waals surface area contributed by atoms with Gasteiger partial charge in [0.15, 0.2) is 0 Å². The maximum absolute atomic E-state index is 13.0. The summed E-state index contributed by atoms with van der Waals surface area (Å²) in [6.45, 7) is 2.52. The molecule has 0 aromatic rings. The summed E-state index contributed by atoms with van der Waals surface area (Å²) in [6, 6.07) is 0.431. The third-order valence-corrected chi connectivity index (χ3v) is 2.59. The molecule has 3 unspecified atom stereocenters. The Hall–Kier alpha value is -0.150. The summed E-state index contributed by atoms with van der Waals surface area (Å²) in [4.78, 5) is 2.19. The zero-order valence-electron chi connectivity index (χ0n) is 6.18. The molecule has 10 heavy (non-hydrogen) atoms. The molecule has 0 aromatic heterocycles. The average Bonchev–Trinajstić information content (AvgIpc) is 2.35. The standard InChI is InChI=1S/C7H13FN2/c1-10-3-5-6(8)2-9-7(5)4-10/h5-7,9H,2-4H2,1H3. The van der Waals surface area contributed by atoms with Crippen LogP contribution in [0.4, 0.5) is 4.39 Å². The van der Waals surface area contributed by atoms with Crippen molar-refractivity contribution < 1.29 is 4.39 Å². The number of likely N-dealkylation sites (N-methyl/N-ethyl adjacent to an activating group) is 1. The number of likely N-dealkylation sites (tertiary alicyclic amines) is 1. The highest BCUT2D eigenvalue weighted by Gasteiger charge is 2.41. The van der Waals surface area contributed by atoms with Crippen LogP contribution in [0, 0.1) is 5.92 Å². The predicted octanol–water partition coefficient (Wildman–Crippen LogP) is -0.142. The first-order valence-corrected chi connectivity index (χ1v) is 3.83. The molecule has 2 saturated heterocycles. The van der Waals surface area contributed by atoms with E-state index in [0.717, 1.165) is 13.1 Å². The minimum atomic E-state index is -0.602. The Morgan fingerprint density at radius 1 is 1.50 bits per heavy atom. The van der Waals surface area contributed by atoms with Crippen LogP contribution in [-0.4, -0.2) is 43.8 Å². The van der Waals surface area contributed by atoms with Gasteiger partial charge in [-0.3, -0.25) is 0 Å². The van der Waals surface area contributed by atoms with Crippen LogP contribution in [0.1, 0.15) is 0 Å². The molecule has 2 rings (SSSR count). The van der Waals surface area contributed by atoms with Gasteiger partial charge in [0, 0.05) is 31.6 Å². The molecule has 0 aromatic carbocycles. The van der Waals surface area contributed by atoms with Gasteiger partial charge in [0.2, 0.25) is 0 Å². The van der Waals surface area contributed by atoms with Crippen molar-refractivity contribution in [1.82, 2.24) is 10.2 Å². The fourth-order valence-corrected chi connectivity index (χ4v) is 2.03. The predicted molar refractivity (Wildman–Crippen MR) is 37.7 cm³/mol. The summed E-state index contributed by atoms with van der Waals surface area (Å²) in [5.41, 5.74) is 0. The highest BCUT2D eigenvalue weighted by molar-refractivity contribution is 4.97. The molecule has 2 aliphatic rings. The second-order valence-electron chi connectivity index (χ2n) is 3.42. The van der Waals surface area contributed by atoms with E-state index in [2.05, 4.69) is 10.2 Å². The van der Waals surface area contributed by atoms with Crippen LogP contribution in [0.25, 0.3) is 0 Å². The summed E-state index contributed by atoms with van der Waals surface area (Å²) in [6.07, 6.45) is -0.602. The van der Waals surface area contributed by atoms with Gasteiger partial charge in [-0.15, -0.1) is 0 Å². The Balaban J connectivity index is 2.05. The molecule has 0 radical (unpaired) electrons. The zero-order valence-corrected chi connectivity index (χ0v) is 6.18. The third-order valence-electron chi connectivity index (χ3n) is 2.59. The SMILES string of the molecule is CN1CC2NCC(F)C2C1. The third kappa shape index (κ3) is 0.847. The van der Waals surface area contributed by atoms with E-state index in [9.17, 15) is 4.39 Å². The number of fused-ring (bicyclic) bond motifs is 1. The summed E-state index contributed by atoms with van der Waals surface area (Å²) >= 11 is 0. The molecule has 2 heterocycles. The summed E-state index contributed by atoms with van der Waals surface area (Å²) in [7, 11) is 2.05. The summed E-state index contributed by atoms with van der Waals surface area (Å²) in [5, 5.41) is 3.18.